The van der Waals surface area contributed by atoms with Crippen LogP contribution in [0.3, 0.4) is 0 Å². The summed E-state index contributed by atoms with van der Waals surface area (Å²) in [6.07, 6.45) is 0.363. The minimum Gasteiger partial charge on any atom is -0.444 e. The molecule has 1 aromatic heterocycles. The maximum atomic E-state index is 12.5. The summed E-state index contributed by atoms with van der Waals surface area (Å²) in [5, 5.41) is 12.2. The van der Waals surface area contributed by atoms with Crippen LogP contribution in [0.4, 0.5) is 9.93 Å². The third-order valence-corrected chi connectivity index (χ3v) is 4.97. The Labute approximate surface area is 150 Å². The molecule has 2 amide bonds. The normalized spacial score (nSPS) is 18.1. The number of carbonyl (C=O) groups is 2. The molecule has 1 atom stereocenters. The molecule has 0 aliphatic carbocycles. The Morgan fingerprint density at radius 1 is 1.38 bits per heavy atom. The Morgan fingerprint density at radius 2 is 2.08 bits per heavy atom. The van der Waals surface area contributed by atoms with Crippen LogP contribution in [0.25, 0.3) is 0 Å². The fourth-order valence-electron chi connectivity index (χ4n) is 2.08. The van der Waals surface area contributed by atoms with Crippen molar-refractivity contribution in [1.29, 1.82) is 0 Å². The van der Waals surface area contributed by atoms with E-state index in [1.165, 1.54) is 28.0 Å². The molecule has 0 bridgehead atoms. The van der Waals surface area contributed by atoms with Gasteiger partial charge in [0.05, 0.1) is 5.88 Å². The quantitative estimate of drug-likeness (QED) is 0.875. The van der Waals surface area contributed by atoms with Gasteiger partial charge in [-0.2, -0.15) is 0 Å². The first kappa shape index (κ1) is 19.0. The van der Waals surface area contributed by atoms with Crippen LogP contribution in [0, 0.1) is 5.92 Å². The Morgan fingerprint density at radius 3 is 2.71 bits per heavy atom. The van der Waals surface area contributed by atoms with Crippen LogP contribution in [-0.2, 0) is 16.0 Å². The minimum atomic E-state index is -0.587. The number of anilines is 1. The van der Waals surface area contributed by atoms with Crippen molar-refractivity contribution < 1.29 is 14.3 Å². The molecular formula is C15H24N4O3S2. The summed E-state index contributed by atoms with van der Waals surface area (Å²) in [6, 6.07) is -0.553. The summed E-state index contributed by atoms with van der Waals surface area (Å²) in [5.74, 6) is 1.22. The Balaban J connectivity index is 1.98. The maximum absolute atomic E-state index is 12.5. The van der Waals surface area contributed by atoms with Gasteiger partial charge in [-0.1, -0.05) is 25.2 Å². The molecule has 7 nitrogen and oxygen atoms in total. The molecule has 1 aliphatic rings. The van der Waals surface area contributed by atoms with E-state index in [-0.39, 0.29) is 5.91 Å². The number of carbonyl (C=O) groups excluding carboxylic acids is 2. The predicted octanol–water partition coefficient (Wildman–Crippen LogP) is 2.99. The fraction of sp³-hybridized carbons (Fsp3) is 0.733. The van der Waals surface area contributed by atoms with E-state index < -0.39 is 17.7 Å². The van der Waals surface area contributed by atoms with Crippen LogP contribution < -0.4 is 5.32 Å². The van der Waals surface area contributed by atoms with Crippen molar-refractivity contribution in [2.24, 2.45) is 5.92 Å². The van der Waals surface area contributed by atoms with Crippen LogP contribution in [0.15, 0.2) is 0 Å². The van der Waals surface area contributed by atoms with Crippen LogP contribution in [-0.4, -0.2) is 50.4 Å². The van der Waals surface area contributed by atoms with Crippen molar-refractivity contribution in [1.82, 2.24) is 15.1 Å². The molecule has 24 heavy (non-hydrogen) atoms. The van der Waals surface area contributed by atoms with Gasteiger partial charge in [-0.25, -0.2) is 4.79 Å². The van der Waals surface area contributed by atoms with Crippen molar-refractivity contribution in [3.8, 4) is 0 Å². The number of aromatic nitrogens is 2. The van der Waals surface area contributed by atoms with Crippen molar-refractivity contribution in [2.45, 2.75) is 52.7 Å². The van der Waals surface area contributed by atoms with Gasteiger partial charge in [0.1, 0.15) is 16.7 Å². The van der Waals surface area contributed by atoms with E-state index in [2.05, 4.69) is 29.4 Å². The number of nitrogens with one attached hydrogen (secondary N) is 1. The average Bonchev–Trinajstić information content (AvgIpc) is 3.05. The van der Waals surface area contributed by atoms with Gasteiger partial charge >= 0.3 is 6.09 Å². The van der Waals surface area contributed by atoms with Crippen molar-refractivity contribution in [2.75, 3.05) is 16.9 Å². The van der Waals surface area contributed by atoms with Gasteiger partial charge in [0.25, 0.3) is 0 Å². The maximum Gasteiger partial charge on any atom is 0.411 e. The number of nitrogens with zero attached hydrogens (tertiary/aromatic N) is 3. The van der Waals surface area contributed by atoms with Crippen LogP contribution >= 0.6 is 23.1 Å². The zero-order valence-corrected chi connectivity index (χ0v) is 16.3. The number of amides is 2. The minimum absolute atomic E-state index is 0.252. The molecule has 0 radical (unpaired) electrons. The molecule has 0 unspecified atom stereocenters. The molecule has 134 valence electrons. The average molecular weight is 373 g/mol. The van der Waals surface area contributed by atoms with Gasteiger partial charge in [0, 0.05) is 12.2 Å². The highest BCUT2D eigenvalue weighted by molar-refractivity contribution is 7.99. The first-order chi connectivity index (χ1) is 11.2. The molecule has 0 saturated carbocycles. The Hall–Kier alpha value is -1.35. The highest BCUT2D eigenvalue weighted by Gasteiger charge is 2.37. The van der Waals surface area contributed by atoms with Gasteiger partial charge in [0.15, 0.2) is 0 Å². The van der Waals surface area contributed by atoms with E-state index in [1.807, 2.05) is 0 Å². The molecule has 0 spiro atoms. The SMILES string of the molecule is CC(C)Cc1nnc(NC(=O)[C@@H]2CSCN2C(=O)OC(C)(C)C)s1. The third-order valence-electron chi connectivity index (χ3n) is 3.09. The molecule has 1 fully saturated rings. The largest absolute Gasteiger partial charge is 0.444 e. The summed E-state index contributed by atoms with van der Waals surface area (Å²) in [7, 11) is 0. The second-order valence-electron chi connectivity index (χ2n) is 7.05. The van der Waals surface area contributed by atoms with E-state index in [1.54, 1.807) is 20.8 Å². The summed E-state index contributed by atoms with van der Waals surface area (Å²) in [6.45, 7) is 9.63. The number of rotatable bonds is 4. The lowest BCUT2D eigenvalue weighted by molar-refractivity contribution is -0.120. The molecule has 1 aliphatic heterocycles. The zero-order chi connectivity index (χ0) is 17.9. The van der Waals surface area contributed by atoms with Gasteiger partial charge in [-0.05, 0) is 26.7 Å². The second-order valence-corrected chi connectivity index (χ2v) is 9.12. The number of hydrogen-bond donors (Lipinski definition) is 1. The van der Waals surface area contributed by atoms with E-state index in [9.17, 15) is 9.59 Å². The number of thioether (sulfide) groups is 1. The fourth-order valence-corrected chi connectivity index (χ4v) is 4.18. The molecule has 2 rings (SSSR count). The predicted molar refractivity (Wildman–Crippen MR) is 96.3 cm³/mol. The van der Waals surface area contributed by atoms with Crippen LogP contribution in [0.5, 0.6) is 0 Å². The second kappa shape index (κ2) is 7.69. The van der Waals surface area contributed by atoms with E-state index in [0.717, 1.165) is 11.4 Å². The molecule has 1 aromatic rings. The lowest BCUT2D eigenvalue weighted by atomic mass is 10.1. The van der Waals surface area contributed by atoms with Gasteiger partial charge in [-0.15, -0.1) is 22.0 Å². The Kier molecular flexibility index (Phi) is 6.08. The summed E-state index contributed by atoms with van der Waals surface area (Å²) < 4.78 is 5.37. The highest BCUT2D eigenvalue weighted by Crippen LogP contribution is 2.25. The van der Waals surface area contributed by atoms with E-state index in [0.29, 0.717) is 22.7 Å². The molecule has 0 aromatic carbocycles. The first-order valence-corrected chi connectivity index (χ1v) is 9.83. The van der Waals surface area contributed by atoms with Crippen LogP contribution in [0.2, 0.25) is 0 Å². The van der Waals surface area contributed by atoms with Crippen molar-refractivity contribution >= 4 is 40.2 Å². The molecule has 1 saturated heterocycles. The van der Waals surface area contributed by atoms with Gasteiger partial charge < -0.3 is 4.74 Å². The van der Waals surface area contributed by atoms with E-state index in [4.69, 9.17) is 4.74 Å². The smallest absolute Gasteiger partial charge is 0.411 e. The summed E-state index contributed by atoms with van der Waals surface area (Å²) in [5.41, 5.74) is -0.587. The molecular weight excluding hydrogens is 348 g/mol. The molecule has 9 heteroatoms. The first-order valence-electron chi connectivity index (χ1n) is 7.86. The monoisotopic (exact) mass is 372 g/mol. The van der Waals surface area contributed by atoms with E-state index >= 15 is 0 Å². The van der Waals surface area contributed by atoms with Gasteiger partial charge in [0.2, 0.25) is 11.0 Å². The third kappa shape index (κ3) is 5.34. The standard InChI is InChI=1S/C15H24N4O3S2/c1-9(2)6-11-17-18-13(24-11)16-12(20)10-7-23-8-19(10)14(21)22-15(3,4)5/h9-10H,6-8H2,1-5H3,(H,16,18,20)/t10-/m0/s1. The van der Waals surface area contributed by atoms with Gasteiger partial charge in [-0.3, -0.25) is 15.0 Å². The lowest BCUT2D eigenvalue weighted by Gasteiger charge is -2.27. The summed E-state index contributed by atoms with van der Waals surface area (Å²) >= 11 is 2.90. The lowest BCUT2D eigenvalue weighted by Crippen LogP contribution is -2.46. The van der Waals surface area contributed by atoms with Crippen molar-refractivity contribution in [3.63, 3.8) is 0 Å². The summed E-state index contributed by atoms with van der Waals surface area (Å²) in [4.78, 5) is 26.2. The highest BCUT2D eigenvalue weighted by atomic mass is 32.2. The number of ether oxygens (including phenoxy) is 1. The van der Waals surface area contributed by atoms with Crippen molar-refractivity contribution in [3.05, 3.63) is 5.01 Å². The molecule has 2 heterocycles. The topological polar surface area (TPSA) is 84.4 Å². The molecule has 1 N–H and O–H groups in total. The zero-order valence-electron chi connectivity index (χ0n) is 14.7. The Bertz CT molecular complexity index is 598. The van der Waals surface area contributed by atoms with Crippen LogP contribution in [0.1, 0.15) is 39.6 Å². The number of hydrogen-bond acceptors (Lipinski definition) is 7.